The van der Waals surface area contributed by atoms with E-state index in [0.717, 1.165) is 44.0 Å². The molecule has 1 amide bonds. The first-order chi connectivity index (χ1) is 14.5. The van der Waals surface area contributed by atoms with Crippen LogP contribution in [0, 0.1) is 0 Å². The van der Waals surface area contributed by atoms with E-state index in [1.807, 2.05) is 24.3 Å². The van der Waals surface area contributed by atoms with Crippen LogP contribution in [0.1, 0.15) is 12.5 Å². The monoisotopic (exact) mass is 429 g/mol. The predicted octanol–water partition coefficient (Wildman–Crippen LogP) is 4.15. The first-order valence-electron chi connectivity index (χ1n) is 10.0. The third-order valence-corrected chi connectivity index (χ3v) is 5.46. The Balaban J connectivity index is 1.75. The molecule has 1 aliphatic heterocycles. The molecule has 2 aromatic rings. The number of hydrogen-bond acceptors (Lipinski definition) is 5. The van der Waals surface area contributed by atoms with Gasteiger partial charge in [-0.25, -0.2) is 0 Å². The Morgan fingerprint density at radius 2 is 1.87 bits per heavy atom. The lowest BCUT2D eigenvalue weighted by Crippen LogP contribution is -2.46. The van der Waals surface area contributed by atoms with Crippen LogP contribution in [0.4, 0.5) is 11.4 Å². The molecular weight excluding hydrogens is 402 g/mol. The topological polar surface area (TPSA) is 54.0 Å². The van der Waals surface area contributed by atoms with Gasteiger partial charge in [0.05, 0.1) is 25.6 Å². The Morgan fingerprint density at radius 1 is 1.10 bits per heavy atom. The normalized spacial score (nSPS) is 14.7. The molecular formula is C23H28ClN3O3. The van der Waals surface area contributed by atoms with E-state index in [4.69, 9.17) is 21.1 Å². The third kappa shape index (κ3) is 5.46. The SMILES string of the molecule is CCN1CCN(c2ccc(Cl)cc2NC(=O)/C=C/c2cc(OC)ccc2OC)CC1. The molecule has 0 bridgehead atoms. The van der Waals surface area contributed by atoms with Crippen molar-refractivity contribution in [2.75, 3.05) is 57.2 Å². The summed E-state index contributed by atoms with van der Waals surface area (Å²) in [7, 11) is 3.19. The van der Waals surface area contributed by atoms with Crippen molar-refractivity contribution in [3.05, 3.63) is 53.1 Å². The molecule has 0 spiro atoms. The van der Waals surface area contributed by atoms with Crippen molar-refractivity contribution < 1.29 is 14.3 Å². The summed E-state index contributed by atoms with van der Waals surface area (Å²) in [6, 6.07) is 11.1. The lowest BCUT2D eigenvalue weighted by molar-refractivity contribution is -0.111. The summed E-state index contributed by atoms with van der Waals surface area (Å²) in [6.45, 7) is 7.05. The van der Waals surface area contributed by atoms with Gasteiger partial charge in [0, 0.05) is 42.8 Å². The van der Waals surface area contributed by atoms with Gasteiger partial charge in [-0.3, -0.25) is 4.79 Å². The number of rotatable bonds is 7. The summed E-state index contributed by atoms with van der Waals surface area (Å²) < 4.78 is 10.6. The van der Waals surface area contributed by atoms with E-state index in [-0.39, 0.29) is 5.91 Å². The first-order valence-corrected chi connectivity index (χ1v) is 10.4. The molecule has 7 heteroatoms. The zero-order chi connectivity index (χ0) is 21.5. The summed E-state index contributed by atoms with van der Waals surface area (Å²) in [5.74, 6) is 1.12. The van der Waals surface area contributed by atoms with Crippen LogP contribution < -0.4 is 19.7 Å². The first kappa shape index (κ1) is 22.0. The zero-order valence-corrected chi connectivity index (χ0v) is 18.4. The molecule has 1 fully saturated rings. The van der Waals surface area contributed by atoms with Gasteiger partial charge in [-0.15, -0.1) is 0 Å². The Labute approximate surface area is 183 Å². The highest BCUT2D eigenvalue weighted by molar-refractivity contribution is 6.31. The number of anilines is 2. The summed E-state index contributed by atoms with van der Waals surface area (Å²) in [5, 5.41) is 3.56. The highest BCUT2D eigenvalue weighted by atomic mass is 35.5. The fourth-order valence-corrected chi connectivity index (χ4v) is 3.67. The van der Waals surface area contributed by atoms with Crippen LogP contribution in [0.15, 0.2) is 42.5 Å². The number of amides is 1. The number of hydrogen-bond donors (Lipinski definition) is 1. The number of piperazine rings is 1. The maximum Gasteiger partial charge on any atom is 0.248 e. The molecule has 2 aromatic carbocycles. The molecule has 6 nitrogen and oxygen atoms in total. The van der Waals surface area contributed by atoms with Crippen molar-refractivity contribution in [3.8, 4) is 11.5 Å². The molecule has 1 aliphatic rings. The van der Waals surface area contributed by atoms with Gasteiger partial charge in [-0.2, -0.15) is 0 Å². The van der Waals surface area contributed by atoms with E-state index < -0.39 is 0 Å². The summed E-state index contributed by atoms with van der Waals surface area (Å²) in [4.78, 5) is 17.3. The molecule has 1 saturated heterocycles. The summed E-state index contributed by atoms with van der Waals surface area (Å²) in [5.41, 5.74) is 2.45. The second kappa shape index (κ2) is 10.4. The smallest absolute Gasteiger partial charge is 0.248 e. The average molecular weight is 430 g/mol. The number of nitrogens with zero attached hydrogens (tertiary/aromatic N) is 2. The molecule has 160 valence electrons. The summed E-state index contributed by atoms with van der Waals surface area (Å²) in [6.07, 6.45) is 3.19. The highest BCUT2D eigenvalue weighted by Gasteiger charge is 2.19. The number of methoxy groups -OCH3 is 2. The Bertz CT molecular complexity index is 909. The van der Waals surface area contributed by atoms with Gasteiger partial charge in [0.15, 0.2) is 0 Å². The second-order valence-electron chi connectivity index (χ2n) is 7.01. The number of carbonyl (C=O) groups is 1. The van der Waals surface area contributed by atoms with Crippen molar-refractivity contribution in [3.63, 3.8) is 0 Å². The Kier molecular flexibility index (Phi) is 7.60. The van der Waals surface area contributed by atoms with Crippen LogP contribution in [0.5, 0.6) is 11.5 Å². The summed E-state index contributed by atoms with van der Waals surface area (Å²) >= 11 is 6.20. The fourth-order valence-electron chi connectivity index (χ4n) is 3.50. The largest absolute Gasteiger partial charge is 0.497 e. The lowest BCUT2D eigenvalue weighted by atomic mass is 10.1. The second-order valence-corrected chi connectivity index (χ2v) is 7.45. The van der Waals surface area contributed by atoms with Gasteiger partial charge in [0.1, 0.15) is 11.5 Å². The maximum absolute atomic E-state index is 12.6. The molecule has 0 atom stereocenters. The molecule has 30 heavy (non-hydrogen) atoms. The van der Waals surface area contributed by atoms with Crippen molar-refractivity contribution >= 4 is 35.0 Å². The number of nitrogens with one attached hydrogen (secondary N) is 1. The van der Waals surface area contributed by atoms with E-state index in [1.54, 1.807) is 32.4 Å². The molecule has 1 heterocycles. The van der Waals surface area contributed by atoms with Crippen molar-refractivity contribution in [2.45, 2.75) is 6.92 Å². The highest BCUT2D eigenvalue weighted by Crippen LogP contribution is 2.30. The number of benzene rings is 2. The molecule has 0 aromatic heterocycles. The minimum absolute atomic E-state index is 0.240. The van der Waals surface area contributed by atoms with Crippen LogP contribution in [-0.4, -0.2) is 57.8 Å². The lowest BCUT2D eigenvalue weighted by Gasteiger charge is -2.36. The average Bonchev–Trinajstić information content (AvgIpc) is 2.77. The van der Waals surface area contributed by atoms with Gasteiger partial charge in [-0.05, 0) is 49.0 Å². The van der Waals surface area contributed by atoms with Gasteiger partial charge in [0.2, 0.25) is 5.91 Å². The number of likely N-dealkylation sites (N-methyl/N-ethyl adjacent to an activating group) is 1. The van der Waals surface area contributed by atoms with Crippen LogP contribution in [0.3, 0.4) is 0 Å². The standard InChI is InChI=1S/C23H28ClN3O3/c1-4-26-11-13-27(14-12-26)21-8-6-18(24)16-20(21)25-23(28)10-5-17-15-19(29-2)7-9-22(17)30-3/h5-10,15-16H,4,11-14H2,1-3H3,(H,25,28)/b10-5+. The van der Waals surface area contributed by atoms with Crippen LogP contribution in [-0.2, 0) is 4.79 Å². The number of carbonyl (C=O) groups excluding carboxylic acids is 1. The number of ether oxygens (including phenoxy) is 2. The molecule has 0 saturated carbocycles. The van der Waals surface area contributed by atoms with E-state index in [0.29, 0.717) is 22.2 Å². The molecule has 0 unspecified atom stereocenters. The Hall–Kier alpha value is -2.70. The minimum atomic E-state index is -0.240. The van der Waals surface area contributed by atoms with Gasteiger partial charge >= 0.3 is 0 Å². The van der Waals surface area contributed by atoms with E-state index in [9.17, 15) is 4.79 Å². The molecule has 0 aliphatic carbocycles. The van der Waals surface area contributed by atoms with E-state index in [2.05, 4.69) is 22.0 Å². The fraction of sp³-hybridized carbons (Fsp3) is 0.348. The zero-order valence-electron chi connectivity index (χ0n) is 17.7. The van der Waals surface area contributed by atoms with Crippen LogP contribution in [0.2, 0.25) is 5.02 Å². The maximum atomic E-state index is 12.6. The van der Waals surface area contributed by atoms with E-state index in [1.165, 1.54) is 6.08 Å². The van der Waals surface area contributed by atoms with Crippen LogP contribution in [0.25, 0.3) is 6.08 Å². The van der Waals surface area contributed by atoms with Gasteiger partial charge in [0.25, 0.3) is 0 Å². The quantitative estimate of drug-likeness (QED) is 0.670. The van der Waals surface area contributed by atoms with Gasteiger partial charge in [-0.1, -0.05) is 18.5 Å². The molecule has 1 N–H and O–H groups in total. The van der Waals surface area contributed by atoms with Crippen molar-refractivity contribution in [2.24, 2.45) is 0 Å². The molecule has 0 radical (unpaired) electrons. The van der Waals surface area contributed by atoms with Crippen molar-refractivity contribution in [1.29, 1.82) is 0 Å². The number of halogens is 1. The Morgan fingerprint density at radius 3 is 2.53 bits per heavy atom. The predicted molar refractivity (Wildman–Crippen MR) is 123 cm³/mol. The third-order valence-electron chi connectivity index (χ3n) is 5.23. The van der Waals surface area contributed by atoms with E-state index >= 15 is 0 Å². The van der Waals surface area contributed by atoms with Crippen LogP contribution >= 0.6 is 11.6 Å². The van der Waals surface area contributed by atoms with Gasteiger partial charge < -0.3 is 24.6 Å². The molecule has 3 rings (SSSR count). The van der Waals surface area contributed by atoms with Crippen molar-refractivity contribution in [1.82, 2.24) is 4.90 Å². The minimum Gasteiger partial charge on any atom is -0.497 e.